The van der Waals surface area contributed by atoms with Gasteiger partial charge in [0.2, 0.25) is 0 Å². The Bertz CT molecular complexity index is 244. The van der Waals surface area contributed by atoms with Crippen LogP contribution in [0, 0.1) is 0 Å². The van der Waals surface area contributed by atoms with Crippen molar-refractivity contribution < 1.29 is 5.11 Å². The zero-order valence-corrected chi connectivity index (χ0v) is 10.5. The molecule has 16 heavy (non-hydrogen) atoms. The molecule has 0 saturated carbocycles. The van der Waals surface area contributed by atoms with Gasteiger partial charge in [0.1, 0.15) is 0 Å². The molecule has 2 saturated heterocycles. The van der Waals surface area contributed by atoms with Crippen LogP contribution in [0.15, 0.2) is 0 Å². The quantitative estimate of drug-likeness (QED) is 0.705. The van der Waals surface area contributed by atoms with Crippen LogP contribution in [-0.4, -0.2) is 65.8 Å². The van der Waals surface area contributed by atoms with Gasteiger partial charge in [-0.2, -0.15) is 0 Å². The summed E-state index contributed by atoms with van der Waals surface area (Å²) in [5.74, 6) is 0. The number of likely N-dealkylation sites (N-methyl/N-ethyl adjacent to an activating group) is 1. The summed E-state index contributed by atoms with van der Waals surface area (Å²) in [6, 6.07) is 1.44. The second-order valence-corrected chi connectivity index (χ2v) is 5.78. The maximum atomic E-state index is 10.0. The normalized spacial score (nSPS) is 36.0. The molecule has 0 amide bonds. The first kappa shape index (κ1) is 12.3. The number of likely N-dealkylation sites (tertiary alicyclic amines) is 1. The molecule has 2 aliphatic rings. The first-order valence-electron chi connectivity index (χ1n) is 6.38. The first-order valence-corrected chi connectivity index (χ1v) is 6.38. The molecular formula is C12H25N3O. The van der Waals surface area contributed by atoms with Crippen molar-refractivity contribution in [2.24, 2.45) is 5.73 Å². The highest BCUT2D eigenvalue weighted by atomic mass is 16.3. The van der Waals surface area contributed by atoms with Gasteiger partial charge in [0.05, 0.1) is 5.60 Å². The third kappa shape index (κ3) is 2.56. The van der Waals surface area contributed by atoms with E-state index in [4.69, 9.17) is 5.73 Å². The lowest BCUT2D eigenvalue weighted by atomic mass is 10.0. The summed E-state index contributed by atoms with van der Waals surface area (Å²) in [5.41, 5.74) is 4.84. The molecule has 2 bridgehead atoms. The molecule has 0 aromatic rings. The van der Waals surface area contributed by atoms with Crippen LogP contribution >= 0.6 is 0 Å². The van der Waals surface area contributed by atoms with E-state index in [1.54, 1.807) is 0 Å². The number of nitrogens with zero attached hydrogens (tertiary/aromatic N) is 2. The Hall–Kier alpha value is -0.160. The van der Waals surface area contributed by atoms with Crippen LogP contribution in [0.25, 0.3) is 0 Å². The van der Waals surface area contributed by atoms with E-state index < -0.39 is 5.60 Å². The van der Waals surface area contributed by atoms with E-state index in [2.05, 4.69) is 16.8 Å². The number of fused-ring (bicyclic) bond motifs is 2. The topological polar surface area (TPSA) is 52.7 Å². The smallest absolute Gasteiger partial charge is 0.0867 e. The van der Waals surface area contributed by atoms with Crippen molar-refractivity contribution in [1.82, 2.24) is 9.80 Å². The fraction of sp³-hybridized carbons (Fsp3) is 1.00. The first-order chi connectivity index (χ1) is 7.52. The van der Waals surface area contributed by atoms with Crippen molar-refractivity contribution >= 4 is 0 Å². The Morgan fingerprint density at radius 1 is 1.31 bits per heavy atom. The van der Waals surface area contributed by atoms with Crippen molar-refractivity contribution in [1.29, 1.82) is 0 Å². The lowest BCUT2D eigenvalue weighted by Crippen LogP contribution is -2.48. The predicted octanol–water partition coefficient (Wildman–Crippen LogP) is -0.135. The third-order valence-electron chi connectivity index (χ3n) is 4.24. The molecule has 3 N–H and O–H groups in total. The molecule has 2 fully saturated rings. The fourth-order valence-electron chi connectivity index (χ4n) is 3.07. The van der Waals surface area contributed by atoms with Crippen molar-refractivity contribution in [3.8, 4) is 0 Å². The minimum Gasteiger partial charge on any atom is -0.388 e. The molecule has 3 unspecified atom stereocenters. The van der Waals surface area contributed by atoms with E-state index in [0.29, 0.717) is 19.1 Å². The Morgan fingerprint density at radius 2 is 2.00 bits per heavy atom. The number of aliphatic hydroxyl groups is 1. The molecule has 94 valence electrons. The molecule has 4 nitrogen and oxygen atoms in total. The van der Waals surface area contributed by atoms with E-state index in [0.717, 1.165) is 19.1 Å². The molecule has 2 heterocycles. The van der Waals surface area contributed by atoms with Crippen LogP contribution in [-0.2, 0) is 0 Å². The van der Waals surface area contributed by atoms with Crippen LogP contribution in [0.1, 0.15) is 26.2 Å². The van der Waals surface area contributed by atoms with Crippen LogP contribution in [0.3, 0.4) is 0 Å². The lowest BCUT2D eigenvalue weighted by molar-refractivity contribution is 0.0249. The second kappa shape index (κ2) is 4.61. The molecular weight excluding hydrogens is 202 g/mol. The van der Waals surface area contributed by atoms with Gasteiger partial charge in [0.25, 0.3) is 0 Å². The zero-order valence-electron chi connectivity index (χ0n) is 10.5. The molecule has 2 rings (SSSR count). The van der Waals surface area contributed by atoms with Crippen LogP contribution in [0.4, 0.5) is 0 Å². The van der Waals surface area contributed by atoms with Gasteiger partial charge in [0.15, 0.2) is 0 Å². The van der Waals surface area contributed by atoms with E-state index in [9.17, 15) is 5.11 Å². The van der Waals surface area contributed by atoms with Crippen molar-refractivity contribution in [3.05, 3.63) is 0 Å². The molecule has 0 aromatic heterocycles. The average molecular weight is 227 g/mol. The summed E-state index contributed by atoms with van der Waals surface area (Å²) in [6.07, 6.45) is 3.89. The number of hydrogen-bond acceptors (Lipinski definition) is 4. The summed E-state index contributed by atoms with van der Waals surface area (Å²) in [5, 5.41) is 10.0. The van der Waals surface area contributed by atoms with Gasteiger partial charge in [-0.15, -0.1) is 0 Å². The fourth-order valence-corrected chi connectivity index (χ4v) is 3.07. The molecule has 3 atom stereocenters. The lowest BCUT2D eigenvalue weighted by Gasteiger charge is -2.32. The van der Waals surface area contributed by atoms with Gasteiger partial charge in [-0.3, -0.25) is 9.80 Å². The predicted molar refractivity (Wildman–Crippen MR) is 65.3 cm³/mol. The monoisotopic (exact) mass is 227 g/mol. The molecule has 2 aliphatic heterocycles. The third-order valence-corrected chi connectivity index (χ3v) is 4.24. The van der Waals surface area contributed by atoms with Crippen LogP contribution < -0.4 is 5.73 Å². The Kier molecular flexibility index (Phi) is 3.54. The summed E-state index contributed by atoms with van der Waals surface area (Å²) >= 11 is 0. The highest BCUT2D eigenvalue weighted by molar-refractivity contribution is 4.92. The van der Waals surface area contributed by atoms with Gasteiger partial charge in [-0.25, -0.2) is 0 Å². The average Bonchev–Trinajstić information content (AvgIpc) is 2.47. The van der Waals surface area contributed by atoms with Gasteiger partial charge >= 0.3 is 0 Å². The van der Waals surface area contributed by atoms with Gasteiger partial charge in [0, 0.05) is 31.7 Å². The Balaban J connectivity index is 1.94. The second-order valence-electron chi connectivity index (χ2n) is 5.78. The molecule has 0 spiro atoms. The summed E-state index contributed by atoms with van der Waals surface area (Å²) in [4.78, 5) is 4.91. The van der Waals surface area contributed by atoms with E-state index in [1.807, 2.05) is 6.92 Å². The number of β-amino-alcohol motifs (C(OH)–C–C–N with tert-alkyl or cyclic N) is 1. The van der Waals surface area contributed by atoms with Crippen molar-refractivity contribution in [2.75, 3.05) is 33.2 Å². The van der Waals surface area contributed by atoms with E-state index in [1.165, 1.54) is 19.3 Å². The maximum Gasteiger partial charge on any atom is 0.0867 e. The Labute approximate surface area is 98.4 Å². The van der Waals surface area contributed by atoms with Gasteiger partial charge < -0.3 is 10.8 Å². The molecule has 4 heteroatoms. The summed E-state index contributed by atoms with van der Waals surface area (Å²) in [6.45, 7) is 5.07. The van der Waals surface area contributed by atoms with Crippen molar-refractivity contribution in [3.63, 3.8) is 0 Å². The summed E-state index contributed by atoms with van der Waals surface area (Å²) in [7, 11) is 2.24. The van der Waals surface area contributed by atoms with E-state index in [-0.39, 0.29) is 0 Å². The van der Waals surface area contributed by atoms with Crippen LogP contribution in [0.2, 0.25) is 0 Å². The number of rotatable bonds is 3. The largest absolute Gasteiger partial charge is 0.388 e. The van der Waals surface area contributed by atoms with E-state index >= 15 is 0 Å². The standard InChI is InChI=1S/C12H25N3O/c1-12(16,8-13)9-15-6-5-10-3-4-11(7-15)14(10)2/h10-11,16H,3-9,13H2,1-2H3. The molecule has 0 aromatic carbocycles. The van der Waals surface area contributed by atoms with Gasteiger partial charge in [-0.1, -0.05) is 0 Å². The number of nitrogens with two attached hydrogens (primary N) is 1. The zero-order chi connectivity index (χ0) is 11.8. The number of hydrogen-bond donors (Lipinski definition) is 2. The van der Waals surface area contributed by atoms with Crippen molar-refractivity contribution in [2.45, 2.75) is 43.9 Å². The SMILES string of the molecule is CN1C2CCC1CN(CC(C)(O)CN)CC2. The van der Waals surface area contributed by atoms with Gasteiger partial charge in [-0.05, 0) is 39.8 Å². The molecule has 0 aliphatic carbocycles. The Morgan fingerprint density at radius 3 is 2.69 bits per heavy atom. The highest BCUT2D eigenvalue weighted by Gasteiger charge is 2.36. The summed E-state index contributed by atoms with van der Waals surface area (Å²) < 4.78 is 0. The van der Waals surface area contributed by atoms with Crippen LogP contribution in [0.5, 0.6) is 0 Å². The maximum absolute atomic E-state index is 10.0. The highest BCUT2D eigenvalue weighted by Crippen LogP contribution is 2.28. The minimum atomic E-state index is -0.734. The minimum absolute atomic E-state index is 0.341. The molecule has 0 radical (unpaired) electrons.